The fourth-order valence-corrected chi connectivity index (χ4v) is 13.8. The molecule has 2 unspecified atom stereocenters. The number of hydrogen-bond acceptors (Lipinski definition) is 7. The Morgan fingerprint density at radius 2 is 0.775 bits per heavy atom. The summed E-state index contributed by atoms with van der Waals surface area (Å²) in [5.74, 6) is -9.22. The van der Waals surface area contributed by atoms with Crippen molar-refractivity contribution in [2.24, 2.45) is 29.1 Å². The number of carboxylic acids is 2. The second-order valence-electron chi connectivity index (χ2n) is 18.5. The Balaban J connectivity index is 0.000000160. The lowest BCUT2D eigenvalue weighted by molar-refractivity contribution is -0.351. The first-order chi connectivity index (χ1) is 33.7. The molecule has 7 nitrogen and oxygen atoms in total. The number of hydrogen-bond donors (Lipinski definition) is 1. The summed E-state index contributed by atoms with van der Waals surface area (Å²) >= 11 is 0. The van der Waals surface area contributed by atoms with E-state index in [0.29, 0.717) is 37.0 Å². The molecule has 2 atom stereocenters. The Morgan fingerprint density at radius 3 is 0.958 bits per heavy atom. The number of esters is 1. The summed E-state index contributed by atoms with van der Waals surface area (Å²) in [5.41, 5.74) is -4.43. The highest BCUT2D eigenvalue weighted by molar-refractivity contribution is 7.97. The van der Waals surface area contributed by atoms with Gasteiger partial charge in [-0.15, -0.1) is 0 Å². The van der Waals surface area contributed by atoms with Crippen molar-refractivity contribution in [2.45, 2.75) is 112 Å². The molecule has 1 N–H and O–H groups in total. The summed E-state index contributed by atoms with van der Waals surface area (Å²) in [6.45, 7) is 2.96. The van der Waals surface area contributed by atoms with Crippen molar-refractivity contribution in [1.29, 1.82) is 0 Å². The summed E-state index contributed by atoms with van der Waals surface area (Å²) < 4.78 is 67.1. The molecule has 0 aliphatic heterocycles. The fourth-order valence-electron chi connectivity index (χ4n) is 9.62. The molecule has 4 saturated carbocycles. The molecule has 4 fully saturated rings. The van der Waals surface area contributed by atoms with E-state index in [1.807, 2.05) is 0 Å². The number of halogens is 5. The Kier molecular flexibility index (Phi) is 18.4. The van der Waals surface area contributed by atoms with Gasteiger partial charge in [0.1, 0.15) is 5.97 Å². The number of benzene rings is 6. The van der Waals surface area contributed by atoms with Crippen LogP contribution < -0.4 is 10.2 Å². The number of aliphatic hydroxyl groups is 1. The van der Waals surface area contributed by atoms with Gasteiger partial charge in [-0.3, -0.25) is 4.79 Å². The lowest BCUT2D eigenvalue weighted by Gasteiger charge is -2.55. The second kappa shape index (κ2) is 24.0. The molecular weight excluding hydrogens is 956 g/mol. The maximum atomic E-state index is 13.9. The Morgan fingerprint density at radius 1 is 0.521 bits per heavy atom. The van der Waals surface area contributed by atoms with Crippen LogP contribution >= 0.6 is 0 Å². The predicted molar refractivity (Wildman–Crippen MR) is 260 cm³/mol. The summed E-state index contributed by atoms with van der Waals surface area (Å²) in [7, 11) is -0.0293. The van der Waals surface area contributed by atoms with Crippen molar-refractivity contribution in [1.82, 2.24) is 0 Å². The van der Waals surface area contributed by atoms with E-state index >= 15 is 0 Å². The van der Waals surface area contributed by atoms with Gasteiger partial charge in [-0.1, -0.05) is 123 Å². The monoisotopic (exact) mass is 1010 g/mol. The third-order valence-corrected chi connectivity index (χ3v) is 17.2. The Bertz CT molecular complexity index is 2260. The first kappa shape index (κ1) is 54.4. The maximum Gasteiger partial charge on any atom is 0.422 e. The second-order valence-corrected chi connectivity index (χ2v) is 22.6. The zero-order chi connectivity index (χ0) is 51.4. The van der Waals surface area contributed by atoms with Crippen molar-refractivity contribution in [3.63, 3.8) is 0 Å². The molecule has 0 aromatic heterocycles. The molecule has 6 aromatic carbocycles. The van der Waals surface area contributed by atoms with Gasteiger partial charge in [-0.2, -0.15) is 22.0 Å². The van der Waals surface area contributed by atoms with Crippen LogP contribution in [0.25, 0.3) is 0 Å². The third kappa shape index (κ3) is 13.7. The van der Waals surface area contributed by atoms with Crippen molar-refractivity contribution < 1.29 is 56.4 Å². The lowest BCUT2D eigenvalue weighted by atomic mass is 9.49. The number of carbonyl (C=O) groups is 3. The lowest BCUT2D eigenvalue weighted by Crippen LogP contribution is -2.56. The zero-order valence-corrected chi connectivity index (χ0v) is 41.2. The van der Waals surface area contributed by atoms with Gasteiger partial charge in [0, 0.05) is 0 Å². The first-order valence-corrected chi connectivity index (χ1v) is 25.8. The van der Waals surface area contributed by atoms with E-state index in [4.69, 9.17) is 9.84 Å². The van der Waals surface area contributed by atoms with Crippen LogP contribution in [0.2, 0.25) is 0 Å². The van der Waals surface area contributed by atoms with Crippen molar-refractivity contribution in [3.05, 3.63) is 182 Å². The summed E-state index contributed by atoms with van der Waals surface area (Å²) in [6, 6.07) is 64.3. The minimum absolute atomic E-state index is 0.0146. The number of aliphatic carboxylic acids is 2. The number of carbonyl (C=O) groups excluding carboxylic acids is 3. The predicted octanol–water partition coefficient (Wildman–Crippen LogP) is 10.8. The average molecular weight is 1010 g/mol. The van der Waals surface area contributed by atoms with Gasteiger partial charge in [0.15, 0.2) is 41.1 Å². The van der Waals surface area contributed by atoms with E-state index in [2.05, 4.69) is 182 Å². The third-order valence-electron chi connectivity index (χ3n) is 12.8. The molecule has 4 aliphatic rings. The molecule has 4 aliphatic carbocycles. The summed E-state index contributed by atoms with van der Waals surface area (Å²) in [4.78, 5) is 41.2. The Labute approximate surface area is 417 Å². The fraction of sp³-hybridized carbons (Fsp3) is 0.316. The van der Waals surface area contributed by atoms with E-state index in [1.54, 1.807) is 0 Å². The highest BCUT2D eigenvalue weighted by Crippen LogP contribution is 2.60. The van der Waals surface area contributed by atoms with E-state index < -0.39 is 53.0 Å². The highest BCUT2D eigenvalue weighted by atomic mass is 32.2. The van der Waals surface area contributed by atoms with Crippen LogP contribution in [0.1, 0.15) is 59.3 Å². The molecule has 71 heavy (non-hydrogen) atoms. The van der Waals surface area contributed by atoms with Gasteiger partial charge in [0.05, 0.1) is 33.2 Å². The number of carboxylic acid groups (broad SMARTS) is 2. The quantitative estimate of drug-likeness (QED) is 0.0735. The Hall–Kier alpha value is -5.96. The maximum absolute atomic E-state index is 13.9. The van der Waals surface area contributed by atoms with Crippen LogP contribution in [-0.2, 0) is 40.9 Å². The van der Waals surface area contributed by atoms with Crippen LogP contribution in [-0.4, -0.2) is 46.8 Å². The van der Waals surface area contributed by atoms with E-state index in [9.17, 15) is 46.5 Å². The van der Waals surface area contributed by atoms with E-state index in [-0.39, 0.29) is 28.7 Å². The van der Waals surface area contributed by atoms with Gasteiger partial charge in [-0.25, -0.2) is 0 Å². The topological polar surface area (TPSA) is 127 Å². The largest absolute Gasteiger partial charge is 0.547 e. The van der Waals surface area contributed by atoms with Crippen molar-refractivity contribution >= 4 is 39.7 Å². The molecule has 0 spiro atoms. The van der Waals surface area contributed by atoms with Crippen molar-refractivity contribution in [2.75, 3.05) is 0 Å². The molecule has 4 bridgehead atoms. The molecule has 374 valence electrons. The van der Waals surface area contributed by atoms with Crippen LogP contribution in [0, 0.1) is 29.1 Å². The van der Waals surface area contributed by atoms with Crippen LogP contribution in [0.5, 0.6) is 0 Å². The van der Waals surface area contributed by atoms with Gasteiger partial charge >= 0.3 is 18.1 Å². The molecule has 6 aromatic rings. The molecule has 14 heteroatoms. The van der Waals surface area contributed by atoms with E-state index in [1.165, 1.54) is 43.2 Å². The van der Waals surface area contributed by atoms with Gasteiger partial charge in [-0.05, 0) is 142 Å². The average Bonchev–Trinajstić information content (AvgIpc) is 3.35. The SMILES string of the molecule is CC(C)C(OC(=O)C12CC3CC(CC(C3)C1)C2)C(F)(F)C(=O)[O-].CC(O)(C(=O)[O-])C(F)(F)F.c1ccc([S+](c2ccccc2)c2ccccc2)cc1.c1ccc([S+](c2ccccc2)c2ccccc2)cc1. The van der Waals surface area contributed by atoms with Gasteiger partial charge in [0.2, 0.25) is 0 Å². The van der Waals surface area contributed by atoms with Crippen LogP contribution in [0.3, 0.4) is 0 Å². The van der Waals surface area contributed by atoms with E-state index in [0.717, 1.165) is 19.3 Å². The molecule has 0 amide bonds. The smallest absolute Gasteiger partial charge is 0.422 e. The highest BCUT2D eigenvalue weighted by Gasteiger charge is 2.57. The molecule has 0 radical (unpaired) electrons. The molecule has 10 rings (SSSR count). The first-order valence-electron chi connectivity index (χ1n) is 23.3. The minimum atomic E-state index is -5.19. The summed E-state index contributed by atoms with van der Waals surface area (Å²) in [6.07, 6.45) is -1.72. The normalized spacial score (nSPS) is 20.2. The molecule has 0 heterocycles. The number of alkyl halides is 5. The van der Waals surface area contributed by atoms with Gasteiger partial charge in [0.25, 0.3) is 0 Å². The molecular formula is C57H57F5O7S2. The molecule has 0 saturated heterocycles. The van der Waals surface area contributed by atoms with Crippen LogP contribution in [0.15, 0.2) is 211 Å². The minimum Gasteiger partial charge on any atom is -0.547 e. The number of ether oxygens (including phenoxy) is 1. The zero-order valence-electron chi connectivity index (χ0n) is 39.6. The standard InChI is InChI=1S/2C18H15S.C17H24F2O4.C4H5F3O3/c2*1-4-10-16(11-5-1)19(17-12-6-2-7-13-17)18-14-8-3-9-15-18;1-9(2)13(17(18,19)14(20)21)23-15(22)16-6-10-3-11(7-16)5-12(4-10)8-16;1-3(10,2(8)9)4(5,6)7/h2*1-15H;9-13H,3-8H2,1-2H3,(H,20,21);10H,1H3,(H,8,9)/q2*+1;;/p-2. The van der Waals surface area contributed by atoms with Gasteiger partial charge < -0.3 is 29.6 Å². The summed E-state index contributed by atoms with van der Waals surface area (Å²) in [5, 5.41) is 28.5. The van der Waals surface area contributed by atoms with Crippen LogP contribution in [0.4, 0.5) is 22.0 Å². The number of rotatable bonds is 12. The van der Waals surface area contributed by atoms with Crippen molar-refractivity contribution in [3.8, 4) is 0 Å².